The fraction of sp³-hybridized carbons (Fsp3) is 0.588. The third-order valence-electron chi connectivity index (χ3n) is 3.94. The number of carbonyl (C=O) groups excluding carboxylic acids is 2. The van der Waals surface area contributed by atoms with Crippen molar-refractivity contribution >= 4 is 17.5 Å². The Bertz CT molecular complexity index is 612. The molecule has 0 atom stereocenters. The lowest BCUT2D eigenvalue weighted by Gasteiger charge is -2.46. The molecule has 0 unspecified atom stereocenters. The summed E-state index contributed by atoms with van der Waals surface area (Å²) >= 11 is 0. The molecule has 24 heavy (non-hydrogen) atoms. The molecule has 132 valence electrons. The first kappa shape index (κ1) is 18.2. The molecule has 2 rings (SSSR count). The summed E-state index contributed by atoms with van der Waals surface area (Å²) in [6.07, 6.45) is 3.06. The molecule has 2 amide bonds. The van der Waals surface area contributed by atoms with Crippen LogP contribution in [0.1, 0.15) is 40.5 Å². The van der Waals surface area contributed by atoms with Crippen molar-refractivity contribution in [2.24, 2.45) is 0 Å². The lowest BCUT2D eigenvalue weighted by atomic mass is 9.79. The van der Waals surface area contributed by atoms with E-state index in [0.29, 0.717) is 5.69 Å². The number of methoxy groups -OCH3 is 1. The highest BCUT2D eigenvalue weighted by atomic mass is 16.5. The number of carbonyl (C=O) groups is 2. The Hall–Kier alpha value is -2.15. The van der Waals surface area contributed by atoms with E-state index in [1.165, 1.54) is 7.11 Å². The van der Waals surface area contributed by atoms with Crippen LogP contribution in [-0.2, 0) is 9.59 Å². The maximum atomic E-state index is 12.2. The molecule has 1 saturated heterocycles. The zero-order valence-corrected chi connectivity index (χ0v) is 14.9. The molecule has 1 aromatic rings. The van der Waals surface area contributed by atoms with E-state index in [9.17, 15) is 9.59 Å². The molecule has 7 heteroatoms. The fourth-order valence-electron chi connectivity index (χ4n) is 3.50. The minimum Gasteiger partial charge on any atom is -0.480 e. The minimum atomic E-state index is -0.726. The Morgan fingerprint density at radius 1 is 1.21 bits per heavy atom. The van der Waals surface area contributed by atoms with Crippen LogP contribution in [0.25, 0.3) is 0 Å². The van der Waals surface area contributed by atoms with Crippen LogP contribution in [0, 0.1) is 0 Å². The van der Waals surface area contributed by atoms with E-state index in [1.807, 2.05) is 0 Å². The van der Waals surface area contributed by atoms with Gasteiger partial charge >= 0.3 is 11.8 Å². The molecule has 0 radical (unpaired) electrons. The van der Waals surface area contributed by atoms with Crippen molar-refractivity contribution in [2.75, 3.05) is 12.4 Å². The third kappa shape index (κ3) is 4.67. The second kappa shape index (κ2) is 6.76. The molecule has 0 aromatic carbocycles. The number of aromatic nitrogens is 1. The van der Waals surface area contributed by atoms with E-state index in [1.54, 1.807) is 18.3 Å². The van der Waals surface area contributed by atoms with Crippen LogP contribution >= 0.6 is 0 Å². The van der Waals surface area contributed by atoms with Crippen molar-refractivity contribution < 1.29 is 14.3 Å². The Morgan fingerprint density at radius 3 is 2.42 bits per heavy atom. The third-order valence-corrected chi connectivity index (χ3v) is 3.94. The number of ether oxygens (including phenoxy) is 1. The average molecular weight is 334 g/mol. The minimum absolute atomic E-state index is 0.0645. The second-order valence-electron chi connectivity index (χ2n) is 7.49. The Balaban J connectivity index is 2.00. The summed E-state index contributed by atoms with van der Waals surface area (Å²) in [7, 11) is 1.46. The first-order valence-corrected chi connectivity index (χ1v) is 8.02. The zero-order valence-electron chi connectivity index (χ0n) is 14.9. The molecule has 3 N–H and O–H groups in total. The normalized spacial score (nSPS) is 19.4. The largest absolute Gasteiger partial charge is 0.480 e. The molecular formula is C17H26N4O3. The lowest BCUT2D eigenvalue weighted by molar-refractivity contribution is -0.137. The van der Waals surface area contributed by atoms with Crippen molar-refractivity contribution in [3.63, 3.8) is 0 Å². The van der Waals surface area contributed by atoms with Gasteiger partial charge in [-0.05, 0) is 52.7 Å². The van der Waals surface area contributed by atoms with Crippen molar-refractivity contribution in [1.29, 1.82) is 0 Å². The predicted octanol–water partition coefficient (Wildman–Crippen LogP) is 1.45. The van der Waals surface area contributed by atoms with Gasteiger partial charge in [-0.3, -0.25) is 9.59 Å². The number of nitrogens with one attached hydrogen (secondary N) is 3. The van der Waals surface area contributed by atoms with Crippen LogP contribution in [0.5, 0.6) is 5.88 Å². The van der Waals surface area contributed by atoms with Crippen LogP contribution in [0.15, 0.2) is 18.3 Å². The highest BCUT2D eigenvalue weighted by molar-refractivity contribution is 6.39. The summed E-state index contributed by atoms with van der Waals surface area (Å²) in [5, 5.41) is 8.92. The summed E-state index contributed by atoms with van der Waals surface area (Å²) in [4.78, 5) is 28.4. The molecule has 1 aliphatic heterocycles. The smallest absolute Gasteiger partial charge is 0.313 e. The van der Waals surface area contributed by atoms with Gasteiger partial charge in [0.2, 0.25) is 5.88 Å². The van der Waals surface area contributed by atoms with Gasteiger partial charge in [0.05, 0.1) is 7.11 Å². The summed E-state index contributed by atoms with van der Waals surface area (Å²) in [5.74, 6) is -1.11. The van der Waals surface area contributed by atoms with Gasteiger partial charge < -0.3 is 20.7 Å². The quantitative estimate of drug-likeness (QED) is 0.728. The number of anilines is 1. The fourth-order valence-corrected chi connectivity index (χ4v) is 3.50. The standard InChI is InChI=1S/C17H26N4O3/c1-16(2)9-11(10-17(3,4)21-16)19-13(22)14(23)20-12-7-6-8-18-15(12)24-5/h6-8,11,21H,9-10H2,1-5H3,(H,19,22)(H,20,23). The zero-order chi connectivity index (χ0) is 18.0. The predicted molar refractivity (Wildman–Crippen MR) is 91.9 cm³/mol. The second-order valence-corrected chi connectivity index (χ2v) is 7.49. The molecule has 7 nitrogen and oxygen atoms in total. The molecule has 0 saturated carbocycles. The Kier molecular flexibility index (Phi) is 5.13. The lowest BCUT2D eigenvalue weighted by Crippen LogP contribution is -2.62. The number of pyridine rings is 1. The van der Waals surface area contributed by atoms with Crippen molar-refractivity contribution in [2.45, 2.75) is 57.7 Å². The number of amides is 2. The van der Waals surface area contributed by atoms with Gasteiger partial charge in [0, 0.05) is 23.3 Å². The highest BCUT2D eigenvalue weighted by Crippen LogP contribution is 2.28. The molecular weight excluding hydrogens is 308 g/mol. The Labute approximate surface area is 142 Å². The van der Waals surface area contributed by atoms with Crippen molar-refractivity contribution in [3.8, 4) is 5.88 Å². The summed E-state index contributed by atoms with van der Waals surface area (Å²) in [6.45, 7) is 8.36. The van der Waals surface area contributed by atoms with E-state index in [-0.39, 0.29) is 23.0 Å². The summed E-state index contributed by atoms with van der Waals surface area (Å²) < 4.78 is 5.06. The van der Waals surface area contributed by atoms with E-state index < -0.39 is 11.8 Å². The molecule has 1 aliphatic rings. The van der Waals surface area contributed by atoms with E-state index in [0.717, 1.165) is 12.8 Å². The van der Waals surface area contributed by atoms with E-state index in [2.05, 4.69) is 48.6 Å². The number of rotatable bonds is 3. The maximum Gasteiger partial charge on any atom is 0.313 e. The molecule has 1 fully saturated rings. The molecule has 0 bridgehead atoms. The van der Waals surface area contributed by atoms with Crippen molar-refractivity contribution in [1.82, 2.24) is 15.6 Å². The Morgan fingerprint density at radius 2 is 1.83 bits per heavy atom. The van der Waals surface area contributed by atoms with Gasteiger partial charge in [-0.1, -0.05) is 0 Å². The van der Waals surface area contributed by atoms with Gasteiger partial charge in [-0.2, -0.15) is 0 Å². The number of nitrogens with zero attached hydrogens (tertiary/aromatic N) is 1. The van der Waals surface area contributed by atoms with Crippen LogP contribution in [0.3, 0.4) is 0 Å². The van der Waals surface area contributed by atoms with Crippen molar-refractivity contribution in [3.05, 3.63) is 18.3 Å². The number of hydrogen-bond donors (Lipinski definition) is 3. The SMILES string of the molecule is COc1ncccc1NC(=O)C(=O)NC1CC(C)(C)NC(C)(C)C1. The summed E-state index contributed by atoms with van der Waals surface area (Å²) in [5.41, 5.74) is 0.150. The van der Waals surface area contributed by atoms with Crippen LogP contribution in [-0.4, -0.2) is 41.0 Å². The van der Waals surface area contributed by atoms with Gasteiger partial charge in [0.15, 0.2) is 0 Å². The number of piperidine rings is 1. The van der Waals surface area contributed by atoms with Gasteiger partial charge in [0.25, 0.3) is 0 Å². The van der Waals surface area contributed by atoms with Gasteiger partial charge in [-0.25, -0.2) is 4.98 Å². The number of hydrogen-bond acceptors (Lipinski definition) is 5. The van der Waals surface area contributed by atoms with Gasteiger partial charge in [0.1, 0.15) is 5.69 Å². The monoisotopic (exact) mass is 334 g/mol. The topological polar surface area (TPSA) is 92.3 Å². The highest BCUT2D eigenvalue weighted by Gasteiger charge is 2.38. The molecule has 0 aliphatic carbocycles. The van der Waals surface area contributed by atoms with Gasteiger partial charge in [-0.15, -0.1) is 0 Å². The van der Waals surface area contributed by atoms with Crippen LogP contribution in [0.2, 0.25) is 0 Å². The molecule has 2 heterocycles. The molecule has 1 aromatic heterocycles. The molecule has 0 spiro atoms. The van der Waals surface area contributed by atoms with E-state index in [4.69, 9.17) is 4.74 Å². The average Bonchev–Trinajstić information content (AvgIpc) is 2.44. The van der Waals surface area contributed by atoms with Crippen LogP contribution < -0.4 is 20.7 Å². The summed E-state index contributed by atoms with van der Waals surface area (Å²) in [6, 6.07) is 3.23. The van der Waals surface area contributed by atoms with E-state index >= 15 is 0 Å². The maximum absolute atomic E-state index is 12.2. The first-order valence-electron chi connectivity index (χ1n) is 8.02. The first-order chi connectivity index (χ1) is 11.1. The van der Waals surface area contributed by atoms with Crippen LogP contribution in [0.4, 0.5) is 5.69 Å².